The van der Waals surface area contributed by atoms with E-state index in [0.29, 0.717) is 8.95 Å². The van der Waals surface area contributed by atoms with E-state index in [-0.39, 0.29) is 36.7 Å². The molecule has 0 unspecified atom stereocenters. The Bertz CT molecular complexity index is 781. The zero-order valence-corrected chi connectivity index (χ0v) is 16.2. The highest BCUT2D eigenvalue weighted by atomic mass is 79.9. The molecule has 1 aliphatic rings. The van der Waals surface area contributed by atoms with Crippen LogP contribution in [0.3, 0.4) is 0 Å². The molecule has 8 nitrogen and oxygen atoms in total. The number of amides is 4. The van der Waals surface area contributed by atoms with E-state index >= 15 is 0 Å². The Balaban J connectivity index is 1.93. The van der Waals surface area contributed by atoms with Gasteiger partial charge in [0.05, 0.1) is 6.54 Å². The molecule has 1 heterocycles. The Hall–Kier alpha value is -1.46. The van der Waals surface area contributed by atoms with Crippen molar-refractivity contribution < 1.29 is 22.8 Å². The van der Waals surface area contributed by atoms with Gasteiger partial charge in [-0.1, -0.05) is 15.9 Å². The Morgan fingerprint density at radius 1 is 1.29 bits per heavy atom. The van der Waals surface area contributed by atoms with Crippen LogP contribution in [-0.2, 0) is 19.6 Å². The van der Waals surface area contributed by atoms with E-state index in [1.54, 1.807) is 12.1 Å². The summed E-state index contributed by atoms with van der Waals surface area (Å²) in [4.78, 5) is 35.5. The van der Waals surface area contributed by atoms with Crippen molar-refractivity contribution in [2.45, 2.75) is 17.7 Å². The first kappa shape index (κ1) is 18.9. The molecule has 0 atom stereocenters. The third-order valence-electron chi connectivity index (χ3n) is 3.15. The molecule has 2 rings (SSSR count). The van der Waals surface area contributed by atoms with Gasteiger partial charge in [-0.05, 0) is 40.5 Å². The predicted molar refractivity (Wildman–Crippen MR) is 91.5 cm³/mol. The van der Waals surface area contributed by atoms with Gasteiger partial charge >= 0.3 is 6.03 Å². The molecule has 24 heavy (non-hydrogen) atoms. The normalized spacial score (nSPS) is 14.7. The molecule has 0 aromatic heterocycles. The zero-order valence-electron chi connectivity index (χ0n) is 12.2. The van der Waals surface area contributed by atoms with Crippen molar-refractivity contribution in [1.82, 2.24) is 14.9 Å². The highest BCUT2D eigenvalue weighted by molar-refractivity contribution is 9.11. The summed E-state index contributed by atoms with van der Waals surface area (Å²) in [7, 11) is -4.02. The number of hydrogen-bond acceptors (Lipinski definition) is 5. The maximum atomic E-state index is 12.2. The van der Waals surface area contributed by atoms with Crippen LogP contribution in [0.4, 0.5) is 4.79 Å². The quantitative estimate of drug-likeness (QED) is 0.594. The largest absolute Gasteiger partial charge is 0.329 e. The van der Waals surface area contributed by atoms with E-state index in [4.69, 9.17) is 0 Å². The highest BCUT2D eigenvalue weighted by Gasteiger charge is 2.28. The monoisotopic (exact) mass is 481 g/mol. The Morgan fingerprint density at radius 3 is 2.62 bits per heavy atom. The molecule has 0 saturated carbocycles. The number of nitrogens with zero attached hydrogens (tertiary/aromatic N) is 1. The average Bonchev–Trinajstić information content (AvgIpc) is 2.81. The van der Waals surface area contributed by atoms with Gasteiger partial charge in [0.25, 0.3) is 10.0 Å². The van der Waals surface area contributed by atoms with Gasteiger partial charge in [0.15, 0.2) is 0 Å². The molecule has 0 radical (unpaired) electrons. The summed E-state index contributed by atoms with van der Waals surface area (Å²) in [5, 5.41) is 2.36. The summed E-state index contributed by atoms with van der Waals surface area (Å²) in [6.07, 6.45) is 0.0298. The van der Waals surface area contributed by atoms with Gasteiger partial charge in [0.2, 0.25) is 11.8 Å². The van der Waals surface area contributed by atoms with Gasteiger partial charge < -0.3 is 5.32 Å². The molecule has 0 bridgehead atoms. The minimum Gasteiger partial charge on any atom is -0.329 e. The lowest BCUT2D eigenvalue weighted by atomic mass is 10.3. The van der Waals surface area contributed by atoms with Crippen LogP contribution in [0.1, 0.15) is 12.8 Å². The number of rotatable bonds is 6. The predicted octanol–water partition coefficient (Wildman–Crippen LogP) is 1.35. The van der Waals surface area contributed by atoms with Crippen molar-refractivity contribution in [2.24, 2.45) is 0 Å². The average molecular weight is 483 g/mol. The van der Waals surface area contributed by atoms with Crippen molar-refractivity contribution in [1.29, 1.82) is 0 Å². The van der Waals surface area contributed by atoms with Crippen LogP contribution in [-0.4, -0.2) is 44.3 Å². The molecule has 2 N–H and O–H groups in total. The molecule has 1 saturated heterocycles. The third kappa shape index (κ3) is 4.54. The van der Waals surface area contributed by atoms with E-state index in [1.165, 1.54) is 6.07 Å². The second-order valence-corrected chi connectivity index (χ2v) is 8.33. The number of carbonyl (C=O) groups is 3. The van der Waals surface area contributed by atoms with Gasteiger partial charge in [0, 0.05) is 21.9 Å². The second-order valence-electron chi connectivity index (χ2n) is 4.91. The van der Waals surface area contributed by atoms with Gasteiger partial charge in [0.1, 0.15) is 4.90 Å². The topological polar surface area (TPSA) is 113 Å². The fraction of sp³-hybridized carbons (Fsp3) is 0.308. The maximum absolute atomic E-state index is 12.2. The summed E-state index contributed by atoms with van der Waals surface area (Å²) < 4.78 is 27.3. The molecule has 11 heteroatoms. The smallest absolute Gasteiger partial charge is 0.324 e. The molecule has 0 spiro atoms. The number of halogens is 2. The van der Waals surface area contributed by atoms with Gasteiger partial charge in [-0.3, -0.25) is 14.5 Å². The Kier molecular flexibility index (Phi) is 5.99. The van der Waals surface area contributed by atoms with Crippen molar-refractivity contribution in [3.05, 3.63) is 27.1 Å². The van der Waals surface area contributed by atoms with E-state index in [9.17, 15) is 22.8 Å². The van der Waals surface area contributed by atoms with Crippen molar-refractivity contribution >= 4 is 59.7 Å². The zero-order chi connectivity index (χ0) is 17.9. The number of benzene rings is 1. The van der Waals surface area contributed by atoms with Crippen LogP contribution in [0.5, 0.6) is 0 Å². The van der Waals surface area contributed by atoms with E-state index < -0.39 is 22.0 Å². The Morgan fingerprint density at radius 2 is 2.00 bits per heavy atom. The summed E-state index contributed by atoms with van der Waals surface area (Å²) in [5.41, 5.74) is 0. The van der Waals surface area contributed by atoms with Crippen LogP contribution < -0.4 is 10.0 Å². The number of carbonyl (C=O) groups excluding carboxylic acids is 3. The molecule has 1 aromatic carbocycles. The lowest BCUT2D eigenvalue weighted by molar-refractivity contribution is -0.125. The van der Waals surface area contributed by atoms with Gasteiger partial charge in [-0.2, -0.15) is 0 Å². The second kappa shape index (κ2) is 7.62. The molecule has 1 aromatic rings. The lowest BCUT2D eigenvalue weighted by Crippen LogP contribution is -2.34. The molecule has 130 valence electrons. The van der Waals surface area contributed by atoms with Crippen molar-refractivity contribution in [3.8, 4) is 0 Å². The van der Waals surface area contributed by atoms with Crippen LogP contribution in [0.15, 0.2) is 32.0 Å². The number of hydrogen-bond donors (Lipinski definition) is 2. The molecule has 1 fully saturated rings. The minimum absolute atomic E-state index is 0.0543. The van der Waals surface area contributed by atoms with Crippen LogP contribution in [0, 0.1) is 0 Å². The lowest BCUT2D eigenvalue weighted by Gasteiger charge is -2.12. The molecule has 0 aliphatic carbocycles. The molecule has 4 amide bonds. The van der Waals surface area contributed by atoms with Crippen LogP contribution in [0.25, 0.3) is 0 Å². The first-order valence-corrected chi connectivity index (χ1v) is 9.86. The summed E-state index contributed by atoms with van der Waals surface area (Å²) >= 11 is 6.30. The fourth-order valence-corrected chi connectivity index (χ4v) is 4.54. The SMILES string of the molecule is O=C(CCCN1C(=O)CNC1=O)NS(=O)(=O)c1cc(Br)ccc1Br. The fourth-order valence-electron chi connectivity index (χ4n) is 2.02. The highest BCUT2D eigenvalue weighted by Crippen LogP contribution is 2.25. The number of sulfonamides is 1. The third-order valence-corrected chi connectivity index (χ3v) is 6.01. The minimum atomic E-state index is -4.02. The standard InChI is InChI=1S/C13H13Br2N3O5S/c14-8-3-4-9(15)10(6-8)24(22,23)17-11(19)2-1-5-18-12(20)7-16-13(18)21/h3-4,6H,1-2,5,7H2,(H,16,21)(H,17,19). The summed E-state index contributed by atoms with van der Waals surface area (Å²) in [6.45, 7) is -0.00493. The van der Waals surface area contributed by atoms with Gasteiger partial charge in [-0.15, -0.1) is 0 Å². The Labute approximate surface area is 155 Å². The molecule has 1 aliphatic heterocycles. The van der Waals surface area contributed by atoms with E-state index in [1.807, 2.05) is 4.72 Å². The first-order chi connectivity index (χ1) is 11.2. The van der Waals surface area contributed by atoms with Crippen molar-refractivity contribution in [2.75, 3.05) is 13.1 Å². The first-order valence-electron chi connectivity index (χ1n) is 6.79. The summed E-state index contributed by atoms with van der Waals surface area (Å²) in [6, 6.07) is 4.06. The molecular formula is C13H13Br2N3O5S. The van der Waals surface area contributed by atoms with Crippen LogP contribution >= 0.6 is 31.9 Å². The number of imide groups is 1. The number of urea groups is 1. The summed E-state index contributed by atoms with van der Waals surface area (Å²) in [5.74, 6) is -1.08. The number of nitrogens with one attached hydrogen (secondary N) is 2. The van der Waals surface area contributed by atoms with E-state index in [0.717, 1.165) is 4.90 Å². The maximum Gasteiger partial charge on any atom is 0.324 e. The van der Waals surface area contributed by atoms with Crippen LogP contribution in [0.2, 0.25) is 0 Å². The van der Waals surface area contributed by atoms with Crippen molar-refractivity contribution in [3.63, 3.8) is 0 Å². The van der Waals surface area contributed by atoms with E-state index in [2.05, 4.69) is 37.2 Å². The van der Waals surface area contributed by atoms with Gasteiger partial charge in [-0.25, -0.2) is 17.9 Å². The molecular weight excluding hydrogens is 470 g/mol.